The van der Waals surface area contributed by atoms with Gasteiger partial charge in [0.2, 0.25) is 0 Å². The Kier molecular flexibility index (Phi) is 3.31. The predicted octanol–water partition coefficient (Wildman–Crippen LogP) is 2.54. The molecule has 4 heteroatoms. The quantitative estimate of drug-likeness (QED) is 0.904. The molecule has 1 heterocycles. The van der Waals surface area contributed by atoms with Gasteiger partial charge in [0.05, 0.1) is 0 Å². The van der Waals surface area contributed by atoms with Crippen molar-refractivity contribution in [1.82, 2.24) is 10.2 Å². The van der Waals surface area contributed by atoms with Crippen molar-refractivity contribution in [3.63, 3.8) is 0 Å². The van der Waals surface area contributed by atoms with E-state index in [0.717, 1.165) is 19.6 Å². The highest BCUT2D eigenvalue weighted by Crippen LogP contribution is 2.44. The van der Waals surface area contributed by atoms with Gasteiger partial charge in [-0.15, -0.1) is 0 Å². The van der Waals surface area contributed by atoms with Crippen molar-refractivity contribution < 1.29 is 8.78 Å². The Morgan fingerprint density at radius 2 is 2.16 bits per heavy atom. The van der Waals surface area contributed by atoms with E-state index in [0.29, 0.717) is 18.0 Å². The maximum absolute atomic E-state index is 13.8. The van der Waals surface area contributed by atoms with Crippen molar-refractivity contribution in [3.05, 3.63) is 35.4 Å². The minimum Gasteiger partial charge on any atom is -0.314 e. The predicted molar refractivity (Wildman–Crippen MR) is 70.8 cm³/mol. The second-order valence-electron chi connectivity index (χ2n) is 5.97. The molecule has 2 nitrogen and oxygen atoms in total. The first-order valence-corrected chi connectivity index (χ1v) is 6.99. The number of nitrogens with one attached hydrogen (secondary N) is 1. The molecular formula is C15H20F2N2. The SMILES string of the molecule is CC1(C2CC2)CNCCN1Cc1cc(F)ccc1F. The van der Waals surface area contributed by atoms with Crippen LogP contribution in [0, 0.1) is 17.6 Å². The van der Waals surface area contributed by atoms with Crippen molar-refractivity contribution in [2.45, 2.75) is 31.8 Å². The minimum atomic E-state index is -0.361. The summed E-state index contributed by atoms with van der Waals surface area (Å²) in [4.78, 5) is 2.32. The Balaban J connectivity index is 1.82. The van der Waals surface area contributed by atoms with Gasteiger partial charge < -0.3 is 5.32 Å². The highest BCUT2D eigenvalue weighted by Gasteiger charge is 2.46. The van der Waals surface area contributed by atoms with Gasteiger partial charge in [-0.05, 0) is 43.9 Å². The molecule has 1 saturated heterocycles. The Morgan fingerprint density at radius 1 is 1.37 bits per heavy atom. The van der Waals surface area contributed by atoms with Crippen LogP contribution >= 0.6 is 0 Å². The van der Waals surface area contributed by atoms with Gasteiger partial charge in [-0.3, -0.25) is 4.90 Å². The van der Waals surface area contributed by atoms with Crippen LogP contribution in [0.25, 0.3) is 0 Å². The molecule has 0 bridgehead atoms. The smallest absolute Gasteiger partial charge is 0.127 e. The molecule has 1 N–H and O–H groups in total. The summed E-state index contributed by atoms with van der Waals surface area (Å²) >= 11 is 0. The molecule has 2 aliphatic rings. The first kappa shape index (κ1) is 13.0. The molecule has 104 valence electrons. The maximum atomic E-state index is 13.8. The van der Waals surface area contributed by atoms with E-state index in [1.54, 1.807) is 0 Å². The van der Waals surface area contributed by atoms with Crippen molar-refractivity contribution in [2.75, 3.05) is 19.6 Å². The van der Waals surface area contributed by atoms with Gasteiger partial charge in [-0.1, -0.05) is 0 Å². The zero-order valence-electron chi connectivity index (χ0n) is 11.3. The first-order valence-electron chi connectivity index (χ1n) is 6.99. The van der Waals surface area contributed by atoms with Crippen LogP contribution in [0.3, 0.4) is 0 Å². The lowest BCUT2D eigenvalue weighted by atomic mass is 9.90. The van der Waals surface area contributed by atoms with Crippen LogP contribution in [0.5, 0.6) is 0 Å². The summed E-state index contributed by atoms with van der Waals surface area (Å²) in [5.41, 5.74) is 0.547. The summed E-state index contributed by atoms with van der Waals surface area (Å²) in [6.07, 6.45) is 2.50. The number of halogens is 2. The second-order valence-corrected chi connectivity index (χ2v) is 5.97. The number of hydrogen-bond donors (Lipinski definition) is 1. The van der Waals surface area contributed by atoms with Gasteiger partial charge in [0.25, 0.3) is 0 Å². The Labute approximate surface area is 112 Å². The fraction of sp³-hybridized carbons (Fsp3) is 0.600. The molecule has 19 heavy (non-hydrogen) atoms. The molecule has 0 amide bonds. The summed E-state index contributed by atoms with van der Waals surface area (Å²) in [6.45, 7) is 5.49. The number of piperazine rings is 1. The van der Waals surface area contributed by atoms with Gasteiger partial charge in [-0.25, -0.2) is 8.78 Å². The summed E-state index contributed by atoms with van der Waals surface area (Å²) in [5, 5.41) is 3.43. The number of hydrogen-bond acceptors (Lipinski definition) is 2. The lowest BCUT2D eigenvalue weighted by Gasteiger charge is -2.46. The molecule has 1 aromatic carbocycles. The lowest BCUT2D eigenvalue weighted by Crippen LogP contribution is -2.60. The van der Waals surface area contributed by atoms with Gasteiger partial charge >= 0.3 is 0 Å². The normalized spacial score (nSPS) is 28.6. The second kappa shape index (κ2) is 4.84. The van der Waals surface area contributed by atoms with E-state index < -0.39 is 0 Å². The van der Waals surface area contributed by atoms with E-state index in [1.807, 2.05) is 0 Å². The largest absolute Gasteiger partial charge is 0.314 e. The van der Waals surface area contributed by atoms with E-state index in [2.05, 4.69) is 17.1 Å². The van der Waals surface area contributed by atoms with Gasteiger partial charge in [-0.2, -0.15) is 0 Å². The zero-order valence-corrected chi connectivity index (χ0v) is 11.3. The van der Waals surface area contributed by atoms with Crippen LogP contribution in [0.2, 0.25) is 0 Å². The monoisotopic (exact) mass is 266 g/mol. The maximum Gasteiger partial charge on any atom is 0.127 e. The van der Waals surface area contributed by atoms with Crippen molar-refractivity contribution >= 4 is 0 Å². The van der Waals surface area contributed by atoms with Crippen LogP contribution in [-0.2, 0) is 6.54 Å². The van der Waals surface area contributed by atoms with Gasteiger partial charge in [0.15, 0.2) is 0 Å². The molecule has 1 saturated carbocycles. The van der Waals surface area contributed by atoms with Crippen LogP contribution in [0.1, 0.15) is 25.3 Å². The van der Waals surface area contributed by atoms with Crippen LogP contribution in [-0.4, -0.2) is 30.1 Å². The molecule has 0 spiro atoms. The summed E-state index contributed by atoms with van der Waals surface area (Å²) in [5.74, 6) is 0.0228. The van der Waals surface area contributed by atoms with Crippen molar-refractivity contribution in [1.29, 1.82) is 0 Å². The molecule has 0 radical (unpaired) electrons. The van der Waals surface area contributed by atoms with Crippen LogP contribution in [0.4, 0.5) is 8.78 Å². The lowest BCUT2D eigenvalue weighted by molar-refractivity contribution is 0.0474. The molecule has 1 atom stereocenters. The molecule has 1 aromatic rings. The summed E-state index contributed by atoms with van der Waals surface area (Å²) in [7, 11) is 0. The third-order valence-corrected chi connectivity index (χ3v) is 4.59. The average Bonchev–Trinajstić information content (AvgIpc) is 3.21. The first-order chi connectivity index (χ1) is 9.09. The highest BCUT2D eigenvalue weighted by molar-refractivity contribution is 5.19. The Morgan fingerprint density at radius 3 is 2.89 bits per heavy atom. The molecule has 1 aliphatic heterocycles. The fourth-order valence-electron chi connectivity index (χ4n) is 3.16. The van der Waals surface area contributed by atoms with E-state index >= 15 is 0 Å². The van der Waals surface area contributed by atoms with E-state index in [1.165, 1.54) is 31.0 Å². The van der Waals surface area contributed by atoms with E-state index in [4.69, 9.17) is 0 Å². The molecular weight excluding hydrogens is 246 g/mol. The average molecular weight is 266 g/mol. The number of benzene rings is 1. The van der Waals surface area contributed by atoms with Gasteiger partial charge in [0.1, 0.15) is 11.6 Å². The van der Waals surface area contributed by atoms with Crippen molar-refractivity contribution in [2.24, 2.45) is 5.92 Å². The van der Waals surface area contributed by atoms with E-state index in [9.17, 15) is 8.78 Å². The molecule has 2 fully saturated rings. The fourth-order valence-corrected chi connectivity index (χ4v) is 3.16. The highest BCUT2D eigenvalue weighted by atomic mass is 19.1. The molecule has 0 aromatic heterocycles. The Bertz CT molecular complexity index is 473. The minimum absolute atomic E-state index is 0.0804. The zero-order chi connectivity index (χ0) is 13.5. The van der Waals surface area contributed by atoms with Gasteiger partial charge in [0, 0.05) is 37.3 Å². The van der Waals surface area contributed by atoms with Crippen LogP contribution in [0.15, 0.2) is 18.2 Å². The summed E-state index contributed by atoms with van der Waals surface area (Å²) in [6, 6.07) is 3.72. The summed E-state index contributed by atoms with van der Waals surface area (Å²) < 4.78 is 27.1. The third kappa shape index (κ3) is 2.51. The molecule has 3 rings (SSSR count). The number of nitrogens with zero attached hydrogens (tertiary/aromatic N) is 1. The van der Waals surface area contributed by atoms with Crippen LogP contribution < -0.4 is 5.32 Å². The topological polar surface area (TPSA) is 15.3 Å². The molecule has 1 unspecified atom stereocenters. The third-order valence-electron chi connectivity index (χ3n) is 4.59. The molecule has 1 aliphatic carbocycles. The number of rotatable bonds is 3. The van der Waals surface area contributed by atoms with Crippen molar-refractivity contribution in [3.8, 4) is 0 Å². The van der Waals surface area contributed by atoms with E-state index in [-0.39, 0.29) is 17.2 Å². The standard InChI is InChI=1S/C15H20F2N2/c1-15(12-2-3-12)10-18-6-7-19(15)9-11-8-13(16)4-5-14(11)17/h4-5,8,12,18H,2-3,6-7,9-10H2,1H3. The Hall–Kier alpha value is -1.00.